The lowest BCUT2D eigenvalue weighted by Crippen LogP contribution is -2.33. The van der Waals surface area contributed by atoms with Gasteiger partial charge in [-0.05, 0) is 13.3 Å². The minimum atomic E-state index is -0.0735. The molecule has 0 spiro atoms. The molecule has 0 saturated heterocycles. The average molecular weight is 170 g/mol. The molecule has 0 bridgehead atoms. The summed E-state index contributed by atoms with van der Waals surface area (Å²) in [6.07, 6.45) is 4.88. The average Bonchev–Trinajstić information content (AvgIpc) is 2.10. The molecular formula is C9H18N2O. The third kappa shape index (κ3) is 4.91. The smallest absolute Gasteiger partial charge is 0.224 e. The Labute approximate surface area is 74.0 Å². The quantitative estimate of drug-likeness (QED) is 0.470. The predicted octanol–water partition coefficient (Wildman–Crippen LogP) is 0.664. The fourth-order valence-electron chi connectivity index (χ4n) is 0.727. The summed E-state index contributed by atoms with van der Waals surface area (Å²) in [5.41, 5.74) is 5.33. The third-order valence-corrected chi connectivity index (χ3v) is 1.65. The zero-order chi connectivity index (χ0) is 9.40. The molecule has 1 unspecified atom stereocenters. The van der Waals surface area contributed by atoms with E-state index in [0.29, 0.717) is 13.1 Å². The molecule has 0 aromatic heterocycles. The first-order valence-corrected chi connectivity index (χ1v) is 4.31. The van der Waals surface area contributed by atoms with E-state index in [4.69, 9.17) is 5.73 Å². The second-order valence-corrected chi connectivity index (χ2v) is 2.79. The Kier molecular flexibility index (Phi) is 6.38. The predicted molar refractivity (Wildman–Crippen MR) is 50.7 cm³/mol. The van der Waals surface area contributed by atoms with Crippen LogP contribution in [0.3, 0.4) is 0 Å². The van der Waals surface area contributed by atoms with Crippen molar-refractivity contribution in [3.05, 3.63) is 12.2 Å². The van der Waals surface area contributed by atoms with Gasteiger partial charge >= 0.3 is 0 Å². The van der Waals surface area contributed by atoms with E-state index in [1.807, 2.05) is 26.0 Å². The minimum absolute atomic E-state index is 0.0435. The van der Waals surface area contributed by atoms with E-state index >= 15 is 0 Å². The highest BCUT2D eigenvalue weighted by molar-refractivity contribution is 5.78. The van der Waals surface area contributed by atoms with E-state index in [-0.39, 0.29) is 11.8 Å². The number of rotatable bonds is 5. The minimum Gasteiger partial charge on any atom is -0.356 e. The summed E-state index contributed by atoms with van der Waals surface area (Å²) in [7, 11) is 0. The van der Waals surface area contributed by atoms with Crippen molar-refractivity contribution in [3.8, 4) is 0 Å². The molecule has 0 heterocycles. The van der Waals surface area contributed by atoms with Crippen LogP contribution in [0.25, 0.3) is 0 Å². The zero-order valence-corrected chi connectivity index (χ0v) is 7.84. The van der Waals surface area contributed by atoms with Crippen LogP contribution in [-0.2, 0) is 4.79 Å². The molecule has 0 aliphatic carbocycles. The molecule has 1 amide bonds. The molecule has 0 aliphatic heterocycles. The Hall–Kier alpha value is -0.830. The lowest BCUT2D eigenvalue weighted by molar-refractivity contribution is -0.124. The maximum atomic E-state index is 11.1. The molecule has 0 fully saturated rings. The maximum Gasteiger partial charge on any atom is 0.224 e. The van der Waals surface area contributed by atoms with Crippen molar-refractivity contribution in [2.45, 2.75) is 20.3 Å². The van der Waals surface area contributed by atoms with Crippen LogP contribution >= 0.6 is 0 Å². The van der Waals surface area contributed by atoms with Crippen molar-refractivity contribution in [3.63, 3.8) is 0 Å². The first kappa shape index (κ1) is 11.2. The summed E-state index contributed by atoms with van der Waals surface area (Å²) in [4.78, 5) is 11.1. The van der Waals surface area contributed by atoms with Crippen LogP contribution in [0.4, 0.5) is 0 Å². The highest BCUT2D eigenvalue weighted by Crippen LogP contribution is 1.90. The lowest BCUT2D eigenvalue weighted by Gasteiger charge is -2.08. The van der Waals surface area contributed by atoms with Gasteiger partial charge in [0.25, 0.3) is 0 Å². The van der Waals surface area contributed by atoms with Gasteiger partial charge in [-0.2, -0.15) is 0 Å². The van der Waals surface area contributed by atoms with Gasteiger partial charge in [-0.25, -0.2) is 0 Å². The fourth-order valence-corrected chi connectivity index (χ4v) is 0.727. The van der Waals surface area contributed by atoms with Gasteiger partial charge in [-0.3, -0.25) is 4.79 Å². The second kappa shape index (κ2) is 6.85. The number of nitrogens with one attached hydrogen (secondary N) is 1. The molecule has 0 radical (unpaired) electrons. The van der Waals surface area contributed by atoms with Gasteiger partial charge < -0.3 is 11.1 Å². The molecule has 0 saturated carbocycles. The second-order valence-electron chi connectivity index (χ2n) is 2.79. The first-order chi connectivity index (χ1) is 5.72. The first-order valence-electron chi connectivity index (χ1n) is 4.31. The van der Waals surface area contributed by atoms with Crippen molar-refractivity contribution in [1.82, 2.24) is 5.32 Å². The molecule has 1 atom stereocenters. The third-order valence-electron chi connectivity index (χ3n) is 1.65. The Balaban J connectivity index is 3.43. The SMILES string of the molecule is C/C=C/CCNC(=O)C(C)CN. The number of allylic oxidation sites excluding steroid dienone is 1. The van der Waals surface area contributed by atoms with Crippen LogP contribution < -0.4 is 11.1 Å². The van der Waals surface area contributed by atoms with Gasteiger partial charge in [-0.1, -0.05) is 19.1 Å². The van der Waals surface area contributed by atoms with Crippen LogP contribution in [0.1, 0.15) is 20.3 Å². The topological polar surface area (TPSA) is 55.1 Å². The van der Waals surface area contributed by atoms with E-state index < -0.39 is 0 Å². The molecule has 3 heteroatoms. The summed E-state index contributed by atoms with van der Waals surface area (Å²) >= 11 is 0. The fraction of sp³-hybridized carbons (Fsp3) is 0.667. The molecule has 0 rings (SSSR count). The van der Waals surface area contributed by atoms with Crippen LogP contribution in [-0.4, -0.2) is 19.0 Å². The Bertz CT molecular complexity index is 155. The standard InChI is InChI=1S/C9H18N2O/c1-3-4-5-6-11-9(12)8(2)7-10/h3-4,8H,5-7,10H2,1-2H3,(H,11,12)/b4-3+. The van der Waals surface area contributed by atoms with E-state index in [9.17, 15) is 4.79 Å². The van der Waals surface area contributed by atoms with Crippen LogP contribution in [0.2, 0.25) is 0 Å². The van der Waals surface area contributed by atoms with E-state index in [1.54, 1.807) is 0 Å². The van der Waals surface area contributed by atoms with Gasteiger partial charge in [0.15, 0.2) is 0 Å². The lowest BCUT2D eigenvalue weighted by atomic mass is 10.2. The summed E-state index contributed by atoms with van der Waals surface area (Å²) in [5.74, 6) is -0.0300. The van der Waals surface area contributed by atoms with Crippen LogP contribution in [0.5, 0.6) is 0 Å². The number of carbonyl (C=O) groups is 1. The summed E-state index contributed by atoms with van der Waals surface area (Å²) in [5, 5.41) is 2.80. The number of carbonyl (C=O) groups excluding carboxylic acids is 1. The van der Waals surface area contributed by atoms with Crippen LogP contribution in [0, 0.1) is 5.92 Å². The molecule has 70 valence electrons. The monoisotopic (exact) mass is 170 g/mol. The highest BCUT2D eigenvalue weighted by Gasteiger charge is 2.08. The van der Waals surface area contributed by atoms with Crippen molar-refractivity contribution in [2.24, 2.45) is 11.7 Å². The molecule has 12 heavy (non-hydrogen) atoms. The highest BCUT2D eigenvalue weighted by atomic mass is 16.1. The summed E-state index contributed by atoms with van der Waals surface area (Å²) in [6.45, 7) is 4.90. The largest absolute Gasteiger partial charge is 0.356 e. The van der Waals surface area contributed by atoms with Gasteiger partial charge in [0.05, 0.1) is 0 Å². The van der Waals surface area contributed by atoms with Crippen LogP contribution in [0.15, 0.2) is 12.2 Å². The number of hydrogen-bond donors (Lipinski definition) is 2. The Morgan fingerprint density at radius 1 is 1.67 bits per heavy atom. The zero-order valence-electron chi connectivity index (χ0n) is 7.84. The Morgan fingerprint density at radius 3 is 2.83 bits per heavy atom. The van der Waals surface area contributed by atoms with Gasteiger partial charge in [0.1, 0.15) is 0 Å². The van der Waals surface area contributed by atoms with Crippen molar-refractivity contribution < 1.29 is 4.79 Å². The van der Waals surface area contributed by atoms with E-state index in [2.05, 4.69) is 5.32 Å². The normalized spacial score (nSPS) is 13.2. The number of amides is 1. The molecule has 0 aliphatic rings. The molecule has 3 N–H and O–H groups in total. The molecule has 0 aromatic rings. The van der Waals surface area contributed by atoms with E-state index in [1.165, 1.54) is 0 Å². The summed E-state index contributed by atoms with van der Waals surface area (Å²) < 4.78 is 0. The molecular weight excluding hydrogens is 152 g/mol. The summed E-state index contributed by atoms with van der Waals surface area (Å²) in [6, 6.07) is 0. The molecule has 3 nitrogen and oxygen atoms in total. The Morgan fingerprint density at radius 2 is 2.33 bits per heavy atom. The van der Waals surface area contributed by atoms with Crippen molar-refractivity contribution in [2.75, 3.05) is 13.1 Å². The number of hydrogen-bond acceptors (Lipinski definition) is 2. The molecule has 0 aromatic carbocycles. The van der Waals surface area contributed by atoms with Gasteiger partial charge in [-0.15, -0.1) is 0 Å². The van der Waals surface area contributed by atoms with Crippen molar-refractivity contribution >= 4 is 5.91 Å². The van der Waals surface area contributed by atoms with E-state index in [0.717, 1.165) is 6.42 Å². The van der Waals surface area contributed by atoms with Gasteiger partial charge in [0, 0.05) is 19.0 Å². The maximum absolute atomic E-state index is 11.1. The van der Waals surface area contributed by atoms with Gasteiger partial charge in [0.2, 0.25) is 5.91 Å². The number of nitrogens with two attached hydrogens (primary N) is 1. The van der Waals surface area contributed by atoms with Crippen molar-refractivity contribution in [1.29, 1.82) is 0 Å².